The summed E-state index contributed by atoms with van der Waals surface area (Å²) in [6.07, 6.45) is -2.68. The van der Waals surface area contributed by atoms with E-state index >= 15 is 0 Å². The van der Waals surface area contributed by atoms with Crippen molar-refractivity contribution in [1.29, 1.82) is 0 Å². The van der Waals surface area contributed by atoms with E-state index in [9.17, 15) is 22.0 Å². The molecule has 0 radical (unpaired) electrons. The van der Waals surface area contributed by atoms with Crippen LogP contribution in [0.25, 0.3) is 0 Å². The Balaban J connectivity index is 2.24. The SMILES string of the molecule is NS(=O)(=O)c1cccc(NC(=O)c2cccc(C(F)F)c2)c1. The van der Waals surface area contributed by atoms with Crippen LogP contribution in [-0.4, -0.2) is 14.3 Å². The fourth-order valence-electron chi connectivity index (χ4n) is 1.77. The quantitative estimate of drug-likeness (QED) is 0.904. The van der Waals surface area contributed by atoms with Gasteiger partial charge >= 0.3 is 0 Å². The van der Waals surface area contributed by atoms with Crippen molar-refractivity contribution >= 4 is 21.6 Å². The second kappa shape index (κ2) is 6.20. The van der Waals surface area contributed by atoms with Crippen molar-refractivity contribution in [3.63, 3.8) is 0 Å². The molecule has 0 spiro atoms. The van der Waals surface area contributed by atoms with Crippen LogP contribution in [0.5, 0.6) is 0 Å². The molecule has 1 amide bonds. The molecule has 2 aromatic rings. The molecule has 0 aliphatic heterocycles. The molecule has 0 aliphatic rings. The molecule has 5 nitrogen and oxygen atoms in total. The Labute approximate surface area is 125 Å². The van der Waals surface area contributed by atoms with Gasteiger partial charge < -0.3 is 5.32 Å². The summed E-state index contributed by atoms with van der Waals surface area (Å²) in [6.45, 7) is 0. The van der Waals surface area contributed by atoms with Crippen molar-refractivity contribution in [2.24, 2.45) is 5.14 Å². The van der Waals surface area contributed by atoms with Crippen LogP contribution in [0.2, 0.25) is 0 Å². The van der Waals surface area contributed by atoms with Gasteiger partial charge in [0.25, 0.3) is 12.3 Å². The number of benzene rings is 2. The molecule has 0 heterocycles. The fraction of sp³-hybridized carbons (Fsp3) is 0.0714. The lowest BCUT2D eigenvalue weighted by Crippen LogP contribution is -2.15. The molecule has 0 fully saturated rings. The molecular formula is C14H12F2N2O3S. The lowest BCUT2D eigenvalue weighted by atomic mass is 10.1. The summed E-state index contributed by atoms with van der Waals surface area (Å²) in [7, 11) is -3.89. The Morgan fingerprint density at radius 2 is 1.77 bits per heavy atom. The van der Waals surface area contributed by atoms with E-state index in [4.69, 9.17) is 5.14 Å². The third kappa shape index (κ3) is 3.86. The Morgan fingerprint density at radius 3 is 2.41 bits per heavy atom. The summed E-state index contributed by atoms with van der Waals surface area (Å²) in [5.74, 6) is -0.630. The van der Waals surface area contributed by atoms with Gasteiger partial charge in [-0.1, -0.05) is 18.2 Å². The lowest BCUT2D eigenvalue weighted by molar-refractivity contribution is 0.102. The molecule has 0 bridgehead atoms. The van der Waals surface area contributed by atoms with Crippen molar-refractivity contribution in [1.82, 2.24) is 0 Å². The number of nitrogens with one attached hydrogen (secondary N) is 1. The van der Waals surface area contributed by atoms with Crippen LogP contribution in [0.1, 0.15) is 22.3 Å². The van der Waals surface area contributed by atoms with E-state index < -0.39 is 22.4 Å². The summed E-state index contributed by atoms with van der Waals surface area (Å²) in [4.78, 5) is 11.9. The first kappa shape index (κ1) is 16.1. The number of sulfonamides is 1. The van der Waals surface area contributed by atoms with Crippen LogP contribution in [0, 0.1) is 0 Å². The second-order valence-electron chi connectivity index (χ2n) is 4.45. The van der Waals surface area contributed by atoms with Crippen molar-refractivity contribution in [2.45, 2.75) is 11.3 Å². The molecule has 2 aromatic carbocycles. The first-order chi connectivity index (χ1) is 10.3. The molecule has 116 valence electrons. The second-order valence-corrected chi connectivity index (χ2v) is 6.01. The van der Waals surface area contributed by atoms with E-state index in [1.54, 1.807) is 0 Å². The highest BCUT2D eigenvalue weighted by atomic mass is 32.2. The molecule has 3 N–H and O–H groups in total. The maximum absolute atomic E-state index is 12.6. The van der Waals surface area contributed by atoms with Crippen LogP contribution in [-0.2, 0) is 10.0 Å². The summed E-state index contributed by atoms with van der Waals surface area (Å²) < 4.78 is 47.7. The largest absolute Gasteiger partial charge is 0.322 e. The van der Waals surface area contributed by atoms with Crippen LogP contribution in [0.4, 0.5) is 14.5 Å². The number of amides is 1. The van der Waals surface area contributed by atoms with Gasteiger partial charge in [0.1, 0.15) is 0 Å². The highest BCUT2D eigenvalue weighted by Gasteiger charge is 2.13. The summed E-state index contributed by atoms with van der Waals surface area (Å²) in [5, 5.41) is 7.43. The third-order valence-electron chi connectivity index (χ3n) is 2.82. The maximum atomic E-state index is 12.6. The fourth-order valence-corrected chi connectivity index (χ4v) is 2.33. The Morgan fingerprint density at radius 1 is 1.09 bits per heavy atom. The third-order valence-corrected chi connectivity index (χ3v) is 3.73. The molecule has 0 unspecified atom stereocenters. The van der Waals surface area contributed by atoms with E-state index in [0.29, 0.717) is 0 Å². The molecule has 0 aromatic heterocycles. The predicted molar refractivity (Wildman–Crippen MR) is 77.2 cm³/mol. The van der Waals surface area contributed by atoms with E-state index in [0.717, 1.165) is 6.07 Å². The van der Waals surface area contributed by atoms with Gasteiger partial charge in [0, 0.05) is 16.8 Å². The molecule has 8 heteroatoms. The van der Waals surface area contributed by atoms with E-state index in [1.807, 2.05) is 0 Å². The van der Waals surface area contributed by atoms with E-state index in [2.05, 4.69) is 5.32 Å². The summed E-state index contributed by atoms with van der Waals surface area (Å²) in [6, 6.07) is 10.3. The molecule has 0 saturated carbocycles. The predicted octanol–water partition coefficient (Wildman–Crippen LogP) is 2.52. The number of rotatable bonds is 4. The zero-order chi connectivity index (χ0) is 16.3. The number of anilines is 1. The number of hydrogen-bond donors (Lipinski definition) is 2. The summed E-state index contributed by atoms with van der Waals surface area (Å²) >= 11 is 0. The van der Waals surface area contributed by atoms with Crippen LogP contribution >= 0.6 is 0 Å². The normalized spacial score (nSPS) is 11.5. The van der Waals surface area contributed by atoms with Crippen molar-refractivity contribution in [3.05, 3.63) is 59.7 Å². The molecule has 0 saturated heterocycles. The average molecular weight is 326 g/mol. The molecule has 2 rings (SSSR count). The first-order valence-electron chi connectivity index (χ1n) is 6.10. The van der Waals surface area contributed by atoms with Gasteiger partial charge in [0.2, 0.25) is 10.0 Å². The molecular weight excluding hydrogens is 314 g/mol. The van der Waals surface area contributed by atoms with Crippen molar-refractivity contribution in [3.8, 4) is 0 Å². The van der Waals surface area contributed by atoms with E-state index in [-0.39, 0.29) is 21.7 Å². The number of alkyl halides is 2. The number of nitrogens with two attached hydrogens (primary N) is 1. The van der Waals surface area contributed by atoms with Crippen LogP contribution in [0.3, 0.4) is 0 Å². The van der Waals surface area contributed by atoms with Gasteiger partial charge in [-0.3, -0.25) is 4.79 Å². The molecule has 22 heavy (non-hydrogen) atoms. The van der Waals surface area contributed by atoms with Crippen molar-refractivity contribution < 1.29 is 22.0 Å². The van der Waals surface area contributed by atoms with Crippen LogP contribution < -0.4 is 10.5 Å². The van der Waals surface area contributed by atoms with Gasteiger partial charge in [-0.25, -0.2) is 22.3 Å². The smallest absolute Gasteiger partial charge is 0.263 e. The Hall–Kier alpha value is -2.32. The zero-order valence-electron chi connectivity index (χ0n) is 11.2. The van der Waals surface area contributed by atoms with Gasteiger partial charge in [-0.05, 0) is 30.3 Å². The molecule has 0 aliphatic carbocycles. The minimum atomic E-state index is -3.89. The number of halogens is 2. The van der Waals surface area contributed by atoms with Gasteiger partial charge in [0.15, 0.2) is 0 Å². The lowest BCUT2D eigenvalue weighted by Gasteiger charge is -2.08. The average Bonchev–Trinajstić information content (AvgIpc) is 2.46. The first-order valence-corrected chi connectivity index (χ1v) is 7.64. The minimum Gasteiger partial charge on any atom is -0.322 e. The highest BCUT2D eigenvalue weighted by molar-refractivity contribution is 7.89. The van der Waals surface area contributed by atoms with Gasteiger partial charge in [-0.15, -0.1) is 0 Å². The molecule has 0 atom stereocenters. The highest BCUT2D eigenvalue weighted by Crippen LogP contribution is 2.20. The van der Waals surface area contributed by atoms with Gasteiger partial charge in [0.05, 0.1) is 4.90 Å². The number of primary sulfonamides is 1. The Bertz CT molecular complexity index is 807. The van der Waals surface area contributed by atoms with E-state index in [1.165, 1.54) is 42.5 Å². The Kier molecular flexibility index (Phi) is 4.53. The topological polar surface area (TPSA) is 89.3 Å². The zero-order valence-corrected chi connectivity index (χ0v) is 12.0. The number of hydrogen-bond acceptors (Lipinski definition) is 3. The van der Waals surface area contributed by atoms with Crippen LogP contribution in [0.15, 0.2) is 53.4 Å². The van der Waals surface area contributed by atoms with Crippen molar-refractivity contribution in [2.75, 3.05) is 5.32 Å². The van der Waals surface area contributed by atoms with Gasteiger partial charge in [-0.2, -0.15) is 0 Å². The standard InChI is InChI=1S/C14H12F2N2O3S/c15-13(16)9-3-1-4-10(7-9)14(19)18-11-5-2-6-12(8-11)22(17,20)21/h1-8,13H,(H,18,19)(H2,17,20,21). The number of carbonyl (C=O) groups is 1. The minimum absolute atomic E-state index is 0.0406. The number of carbonyl (C=O) groups excluding carboxylic acids is 1. The maximum Gasteiger partial charge on any atom is 0.263 e. The monoisotopic (exact) mass is 326 g/mol. The summed E-state index contributed by atoms with van der Waals surface area (Å²) in [5.41, 5.74) is -0.0382.